The van der Waals surface area contributed by atoms with E-state index in [0.29, 0.717) is 11.8 Å². The molecule has 6 nitrogen and oxygen atoms in total. The van der Waals surface area contributed by atoms with Crippen LogP contribution in [0.4, 0.5) is 0 Å². The zero-order valence-corrected chi connectivity index (χ0v) is 13.5. The largest absolute Gasteiger partial charge is 0.423 e. The Hall–Kier alpha value is -2.44. The highest BCUT2D eigenvalue weighted by Gasteiger charge is 2.10. The third-order valence-electron chi connectivity index (χ3n) is 3.13. The Balaban J connectivity index is 0.00000192. The lowest BCUT2D eigenvalue weighted by Crippen LogP contribution is -2.11. The second-order valence-corrected chi connectivity index (χ2v) is 4.74. The first kappa shape index (κ1) is 16.9. The van der Waals surface area contributed by atoms with E-state index in [1.54, 1.807) is 4.68 Å². The Kier molecular flexibility index (Phi) is 6.08. The van der Waals surface area contributed by atoms with Crippen LogP contribution in [0.15, 0.2) is 54.6 Å². The van der Waals surface area contributed by atoms with Crippen molar-refractivity contribution in [1.29, 1.82) is 0 Å². The first-order valence-electron chi connectivity index (χ1n) is 7.18. The molecule has 0 bridgehead atoms. The minimum atomic E-state index is 0. The lowest BCUT2D eigenvalue weighted by atomic mass is 10.2. The van der Waals surface area contributed by atoms with Crippen molar-refractivity contribution in [3.8, 4) is 17.4 Å². The number of nitrogens with zero attached hydrogens (tertiary/aromatic N) is 4. The predicted molar refractivity (Wildman–Crippen MR) is 90.3 cm³/mol. The van der Waals surface area contributed by atoms with E-state index in [0.717, 1.165) is 24.3 Å². The topological polar surface area (TPSA) is 64.9 Å². The second kappa shape index (κ2) is 8.26. The van der Waals surface area contributed by atoms with Crippen LogP contribution in [-0.4, -0.2) is 26.8 Å². The highest BCUT2D eigenvalue weighted by molar-refractivity contribution is 5.85. The Morgan fingerprint density at radius 1 is 1.09 bits per heavy atom. The van der Waals surface area contributed by atoms with E-state index in [9.17, 15) is 0 Å². The summed E-state index contributed by atoms with van der Waals surface area (Å²) < 4.78 is 7.39. The molecular formula is C16H18ClN5O. The average Bonchev–Trinajstić information content (AvgIpc) is 3.02. The van der Waals surface area contributed by atoms with Crippen molar-refractivity contribution >= 4 is 12.4 Å². The summed E-state index contributed by atoms with van der Waals surface area (Å²) in [5.74, 6) is 0.711. The van der Waals surface area contributed by atoms with Gasteiger partial charge in [-0.05, 0) is 46.8 Å². The Morgan fingerprint density at radius 3 is 2.70 bits per heavy atom. The molecular weight excluding hydrogens is 314 g/mol. The van der Waals surface area contributed by atoms with E-state index in [1.165, 1.54) is 0 Å². The number of hydrogen-bond acceptors (Lipinski definition) is 5. The molecule has 2 aromatic carbocycles. The third-order valence-corrected chi connectivity index (χ3v) is 3.13. The zero-order chi connectivity index (χ0) is 15.2. The fourth-order valence-electron chi connectivity index (χ4n) is 2.07. The molecule has 0 aliphatic rings. The highest BCUT2D eigenvalue weighted by Crippen LogP contribution is 2.21. The van der Waals surface area contributed by atoms with Crippen molar-refractivity contribution in [2.45, 2.75) is 13.5 Å². The number of benzene rings is 2. The first-order valence-corrected chi connectivity index (χ1v) is 7.18. The van der Waals surface area contributed by atoms with Gasteiger partial charge in [-0.3, -0.25) is 0 Å². The second-order valence-electron chi connectivity index (χ2n) is 4.74. The van der Waals surface area contributed by atoms with Crippen molar-refractivity contribution in [3.05, 3.63) is 60.2 Å². The molecule has 0 atom stereocenters. The average molecular weight is 332 g/mol. The summed E-state index contributed by atoms with van der Waals surface area (Å²) in [6.07, 6.45) is 0. The number of hydrogen-bond donors (Lipinski definition) is 1. The van der Waals surface area contributed by atoms with Crippen LogP contribution in [-0.2, 0) is 6.54 Å². The van der Waals surface area contributed by atoms with Gasteiger partial charge in [0.2, 0.25) is 0 Å². The molecule has 0 fully saturated rings. The summed E-state index contributed by atoms with van der Waals surface area (Å²) in [7, 11) is 0. The number of halogens is 1. The summed E-state index contributed by atoms with van der Waals surface area (Å²) in [6, 6.07) is 17.9. The van der Waals surface area contributed by atoms with Crippen LogP contribution < -0.4 is 10.1 Å². The Labute approximate surface area is 140 Å². The zero-order valence-electron chi connectivity index (χ0n) is 12.7. The number of para-hydroxylation sites is 1. The maximum absolute atomic E-state index is 5.82. The van der Waals surface area contributed by atoms with Crippen molar-refractivity contribution in [1.82, 2.24) is 25.5 Å². The highest BCUT2D eigenvalue weighted by atomic mass is 35.5. The van der Waals surface area contributed by atoms with Gasteiger partial charge in [0, 0.05) is 6.54 Å². The van der Waals surface area contributed by atoms with Crippen LogP contribution in [0.5, 0.6) is 11.8 Å². The molecule has 7 heteroatoms. The van der Waals surface area contributed by atoms with Crippen LogP contribution >= 0.6 is 12.4 Å². The molecule has 3 rings (SSSR count). The van der Waals surface area contributed by atoms with Crippen LogP contribution in [0.1, 0.15) is 12.5 Å². The lowest BCUT2D eigenvalue weighted by molar-refractivity contribution is 0.426. The number of rotatable bonds is 6. The molecule has 0 aliphatic heterocycles. The summed E-state index contributed by atoms with van der Waals surface area (Å²) >= 11 is 0. The fourth-order valence-corrected chi connectivity index (χ4v) is 2.07. The van der Waals surface area contributed by atoms with Gasteiger partial charge in [0.15, 0.2) is 0 Å². The van der Waals surface area contributed by atoms with E-state index in [2.05, 4.69) is 33.8 Å². The molecule has 120 valence electrons. The smallest absolute Gasteiger partial charge is 0.345 e. The number of nitrogens with one attached hydrogen (secondary N) is 1. The van der Waals surface area contributed by atoms with Gasteiger partial charge in [-0.15, -0.1) is 12.4 Å². The molecule has 0 saturated carbocycles. The van der Waals surface area contributed by atoms with Gasteiger partial charge in [-0.25, -0.2) is 0 Å². The normalized spacial score (nSPS) is 10.1. The Morgan fingerprint density at radius 2 is 1.91 bits per heavy atom. The van der Waals surface area contributed by atoms with Gasteiger partial charge in [0.05, 0.1) is 5.69 Å². The van der Waals surface area contributed by atoms with Crippen LogP contribution in [0.3, 0.4) is 0 Å². The predicted octanol–water partition coefficient (Wildman–Crippen LogP) is 2.99. The van der Waals surface area contributed by atoms with E-state index in [-0.39, 0.29) is 12.4 Å². The Bertz CT molecular complexity index is 732. The third kappa shape index (κ3) is 4.28. The van der Waals surface area contributed by atoms with Crippen molar-refractivity contribution in [2.75, 3.05) is 6.54 Å². The van der Waals surface area contributed by atoms with Gasteiger partial charge in [0.1, 0.15) is 5.75 Å². The first-order chi connectivity index (χ1) is 10.9. The molecule has 0 saturated heterocycles. The van der Waals surface area contributed by atoms with E-state index >= 15 is 0 Å². The molecule has 0 unspecified atom stereocenters. The van der Waals surface area contributed by atoms with E-state index in [4.69, 9.17) is 4.74 Å². The van der Waals surface area contributed by atoms with Gasteiger partial charge in [-0.2, -0.15) is 4.68 Å². The SMILES string of the molecule is CCNCc1cccc(Oc2nnnn2-c2ccccc2)c1.Cl. The van der Waals surface area contributed by atoms with E-state index in [1.807, 2.05) is 48.5 Å². The molecule has 0 spiro atoms. The molecule has 23 heavy (non-hydrogen) atoms. The summed E-state index contributed by atoms with van der Waals surface area (Å²) in [4.78, 5) is 0. The minimum Gasteiger partial charge on any atom is -0.423 e. The van der Waals surface area contributed by atoms with Crippen LogP contribution in [0, 0.1) is 0 Å². The number of aromatic nitrogens is 4. The maximum Gasteiger partial charge on any atom is 0.345 e. The molecule has 1 N–H and O–H groups in total. The van der Waals surface area contributed by atoms with E-state index < -0.39 is 0 Å². The molecule has 0 aliphatic carbocycles. The molecule has 1 heterocycles. The van der Waals surface area contributed by atoms with Crippen molar-refractivity contribution in [3.63, 3.8) is 0 Å². The van der Waals surface area contributed by atoms with Crippen LogP contribution in [0.2, 0.25) is 0 Å². The molecule has 1 aromatic heterocycles. The van der Waals surface area contributed by atoms with Crippen molar-refractivity contribution in [2.24, 2.45) is 0 Å². The van der Waals surface area contributed by atoms with Gasteiger partial charge >= 0.3 is 6.01 Å². The van der Waals surface area contributed by atoms with Crippen LogP contribution in [0.25, 0.3) is 5.69 Å². The summed E-state index contributed by atoms with van der Waals surface area (Å²) in [5.41, 5.74) is 2.00. The minimum absolute atomic E-state index is 0. The number of ether oxygens (including phenoxy) is 1. The van der Waals surface area contributed by atoms with Gasteiger partial charge in [-0.1, -0.05) is 42.4 Å². The summed E-state index contributed by atoms with van der Waals surface area (Å²) in [6.45, 7) is 3.81. The fraction of sp³-hybridized carbons (Fsp3) is 0.188. The molecule has 0 radical (unpaired) electrons. The molecule has 3 aromatic rings. The summed E-state index contributed by atoms with van der Waals surface area (Å²) in [5, 5.41) is 14.9. The standard InChI is InChI=1S/C16H17N5O.ClH/c1-2-17-12-13-7-6-10-15(11-13)22-16-18-19-20-21(16)14-8-4-3-5-9-14;/h3-11,17H,2,12H2,1H3;1H. The maximum atomic E-state index is 5.82. The lowest BCUT2D eigenvalue weighted by Gasteiger charge is -2.08. The quantitative estimate of drug-likeness (QED) is 0.752. The van der Waals surface area contributed by atoms with Gasteiger partial charge < -0.3 is 10.1 Å². The number of tetrazole rings is 1. The van der Waals surface area contributed by atoms with Gasteiger partial charge in [0.25, 0.3) is 0 Å². The van der Waals surface area contributed by atoms with Crippen molar-refractivity contribution < 1.29 is 4.74 Å². The monoisotopic (exact) mass is 331 g/mol. The molecule has 0 amide bonds.